The van der Waals surface area contributed by atoms with Gasteiger partial charge in [0.25, 0.3) is 0 Å². The number of nitrogens with zero attached hydrogens (tertiary/aromatic N) is 2. The third-order valence-electron chi connectivity index (χ3n) is 7.04. The molecule has 1 aliphatic carbocycles. The monoisotopic (exact) mass is 465 g/mol. The van der Waals surface area contributed by atoms with Gasteiger partial charge in [-0.1, -0.05) is 37.8 Å². The van der Waals surface area contributed by atoms with Crippen LogP contribution in [0.3, 0.4) is 0 Å². The molecule has 0 aromatic heterocycles. The highest BCUT2D eigenvalue weighted by Gasteiger charge is 2.48. The molecule has 3 unspecified atom stereocenters. The molecule has 1 aromatic carbocycles. The summed E-state index contributed by atoms with van der Waals surface area (Å²) in [5, 5.41) is 31.5. The van der Waals surface area contributed by atoms with E-state index in [2.05, 4.69) is 18.3 Å². The summed E-state index contributed by atoms with van der Waals surface area (Å²) in [5.74, 6) is -1.22. The van der Waals surface area contributed by atoms with E-state index in [-0.39, 0.29) is 47.6 Å². The van der Waals surface area contributed by atoms with Gasteiger partial charge in [0.2, 0.25) is 5.91 Å². The molecule has 0 radical (unpaired) electrons. The third kappa shape index (κ3) is 5.72. The molecule has 176 valence electrons. The Bertz CT molecular complexity index is 840. The summed E-state index contributed by atoms with van der Waals surface area (Å²) in [6.45, 7) is 2.05. The highest BCUT2D eigenvalue weighted by molar-refractivity contribution is 6.30. The molecular formula is C24H33ClFN3O3. The Morgan fingerprint density at radius 1 is 1.41 bits per heavy atom. The first-order valence-corrected chi connectivity index (χ1v) is 11.9. The largest absolute Gasteiger partial charge is 0.394 e. The van der Waals surface area contributed by atoms with Crippen molar-refractivity contribution in [2.24, 2.45) is 11.3 Å². The summed E-state index contributed by atoms with van der Waals surface area (Å²) in [5.41, 5.74) is 0.336. The third-order valence-corrected chi connectivity index (χ3v) is 7.28. The molecule has 8 heteroatoms. The molecule has 0 spiro atoms. The SMILES string of the molecule is CC1(CC2C(C#N)CC(C(=O)NCC[C@H](O)CO)N2c2ccc(Cl)cc2F)CCCCC1. The Kier molecular flexibility index (Phi) is 8.37. The van der Waals surface area contributed by atoms with Crippen molar-refractivity contribution in [1.82, 2.24) is 5.32 Å². The Balaban J connectivity index is 1.89. The molecule has 6 nitrogen and oxygen atoms in total. The van der Waals surface area contributed by atoms with Gasteiger partial charge in [-0.05, 0) is 55.7 Å². The van der Waals surface area contributed by atoms with E-state index in [0.717, 1.165) is 32.1 Å². The molecule has 1 saturated carbocycles. The van der Waals surface area contributed by atoms with Crippen molar-refractivity contribution in [1.29, 1.82) is 5.26 Å². The van der Waals surface area contributed by atoms with Gasteiger partial charge < -0.3 is 20.4 Å². The lowest BCUT2D eigenvalue weighted by atomic mass is 9.70. The van der Waals surface area contributed by atoms with Gasteiger partial charge in [0.15, 0.2) is 0 Å². The van der Waals surface area contributed by atoms with Gasteiger partial charge >= 0.3 is 0 Å². The lowest BCUT2D eigenvalue weighted by Crippen LogP contribution is -2.48. The van der Waals surface area contributed by atoms with E-state index in [9.17, 15) is 15.2 Å². The summed E-state index contributed by atoms with van der Waals surface area (Å²) in [6.07, 6.45) is 5.97. The van der Waals surface area contributed by atoms with Crippen LogP contribution in [-0.2, 0) is 4.79 Å². The van der Waals surface area contributed by atoms with E-state index in [1.54, 1.807) is 17.0 Å². The molecule has 2 aliphatic rings. The van der Waals surface area contributed by atoms with E-state index >= 15 is 4.39 Å². The predicted octanol–water partition coefficient (Wildman–Crippen LogP) is 3.79. The van der Waals surface area contributed by atoms with E-state index in [1.165, 1.54) is 12.5 Å². The molecule has 1 heterocycles. The van der Waals surface area contributed by atoms with Crippen LogP contribution in [0.4, 0.5) is 10.1 Å². The summed E-state index contributed by atoms with van der Waals surface area (Å²) >= 11 is 5.97. The zero-order valence-corrected chi connectivity index (χ0v) is 19.3. The molecule has 3 N–H and O–H groups in total. The predicted molar refractivity (Wildman–Crippen MR) is 122 cm³/mol. The lowest BCUT2D eigenvalue weighted by molar-refractivity contribution is -0.122. The first kappa shape index (κ1) is 24.8. The maximum atomic E-state index is 15.0. The van der Waals surface area contributed by atoms with E-state index < -0.39 is 23.9 Å². The van der Waals surface area contributed by atoms with Gasteiger partial charge in [0, 0.05) is 17.6 Å². The van der Waals surface area contributed by atoms with Gasteiger partial charge in [0.05, 0.1) is 30.4 Å². The number of amides is 1. The van der Waals surface area contributed by atoms with Crippen molar-refractivity contribution in [2.45, 2.75) is 76.5 Å². The first-order chi connectivity index (χ1) is 15.3. The van der Waals surface area contributed by atoms with E-state index in [4.69, 9.17) is 16.7 Å². The average molecular weight is 466 g/mol. The van der Waals surface area contributed by atoms with Crippen molar-refractivity contribution in [3.05, 3.63) is 29.0 Å². The standard InChI is InChI=1S/C24H33ClFN3O3/c1-24(8-3-2-4-9-24)13-22-16(14-27)11-21(23(32)28-10-7-18(31)15-30)29(22)20-6-5-17(25)12-19(20)26/h5-6,12,16,18,21-22,30-31H,2-4,7-11,13,15H2,1H3,(H,28,32)/t16?,18-,21?,22?/m0/s1. The Morgan fingerprint density at radius 3 is 2.75 bits per heavy atom. The Morgan fingerprint density at radius 2 is 2.12 bits per heavy atom. The minimum Gasteiger partial charge on any atom is -0.394 e. The van der Waals surface area contributed by atoms with Crippen LogP contribution >= 0.6 is 11.6 Å². The number of carbonyl (C=O) groups is 1. The smallest absolute Gasteiger partial charge is 0.242 e. The highest BCUT2D eigenvalue weighted by Crippen LogP contribution is 2.46. The van der Waals surface area contributed by atoms with Crippen molar-refractivity contribution in [3.8, 4) is 6.07 Å². The molecule has 4 atom stereocenters. The van der Waals surface area contributed by atoms with E-state index in [0.29, 0.717) is 6.42 Å². The number of halogens is 2. The number of aliphatic hydroxyl groups is 2. The van der Waals surface area contributed by atoms with Crippen LogP contribution in [0.2, 0.25) is 5.02 Å². The van der Waals surface area contributed by atoms with Crippen LogP contribution < -0.4 is 10.2 Å². The number of nitriles is 1. The quantitative estimate of drug-likeness (QED) is 0.542. The van der Waals surface area contributed by atoms with Gasteiger partial charge in [-0.15, -0.1) is 0 Å². The number of hydrogen-bond acceptors (Lipinski definition) is 5. The maximum Gasteiger partial charge on any atom is 0.242 e. The highest BCUT2D eigenvalue weighted by atomic mass is 35.5. The normalized spacial score (nSPS) is 25.9. The summed E-state index contributed by atoms with van der Waals surface area (Å²) in [6, 6.07) is 5.83. The maximum absolute atomic E-state index is 15.0. The number of benzene rings is 1. The summed E-state index contributed by atoms with van der Waals surface area (Å²) in [4.78, 5) is 14.9. The van der Waals surface area contributed by atoms with Crippen LogP contribution in [0.25, 0.3) is 0 Å². The second-order valence-corrected chi connectivity index (χ2v) is 9.99. The lowest BCUT2D eigenvalue weighted by Gasteiger charge is -2.40. The fourth-order valence-corrected chi connectivity index (χ4v) is 5.43. The molecular weight excluding hydrogens is 433 g/mol. The van der Waals surface area contributed by atoms with Gasteiger partial charge in [0.1, 0.15) is 11.9 Å². The number of hydrogen-bond donors (Lipinski definition) is 3. The zero-order valence-electron chi connectivity index (χ0n) is 18.6. The van der Waals surface area contributed by atoms with Crippen LogP contribution in [0.15, 0.2) is 18.2 Å². The second kappa shape index (κ2) is 10.8. The van der Waals surface area contributed by atoms with Crippen LogP contribution in [-0.4, -0.2) is 47.5 Å². The van der Waals surface area contributed by atoms with Gasteiger partial charge in [-0.25, -0.2) is 4.39 Å². The second-order valence-electron chi connectivity index (χ2n) is 9.55. The number of aliphatic hydroxyl groups excluding tert-OH is 2. The van der Waals surface area contributed by atoms with Crippen molar-refractivity contribution in [3.63, 3.8) is 0 Å². The number of anilines is 1. The fourth-order valence-electron chi connectivity index (χ4n) is 5.27. The topological polar surface area (TPSA) is 96.6 Å². The molecule has 0 bridgehead atoms. The van der Waals surface area contributed by atoms with E-state index in [1.807, 2.05) is 0 Å². The zero-order chi connectivity index (χ0) is 23.3. The summed E-state index contributed by atoms with van der Waals surface area (Å²) in [7, 11) is 0. The minimum atomic E-state index is -0.908. The Labute approximate surface area is 194 Å². The van der Waals surface area contributed by atoms with Crippen LogP contribution in [0.5, 0.6) is 0 Å². The number of carbonyl (C=O) groups excluding carboxylic acids is 1. The molecule has 2 fully saturated rings. The van der Waals surface area contributed by atoms with Gasteiger partial charge in [-0.3, -0.25) is 4.79 Å². The molecule has 32 heavy (non-hydrogen) atoms. The first-order valence-electron chi connectivity index (χ1n) is 11.5. The fraction of sp³-hybridized carbons (Fsp3) is 0.667. The molecule has 1 aliphatic heterocycles. The van der Waals surface area contributed by atoms with Crippen molar-refractivity contribution in [2.75, 3.05) is 18.1 Å². The van der Waals surface area contributed by atoms with Crippen LogP contribution in [0, 0.1) is 28.5 Å². The molecule has 3 rings (SSSR count). The van der Waals surface area contributed by atoms with Crippen molar-refractivity contribution >= 4 is 23.2 Å². The van der Waals surface area contributed by atoms with Crippen LogP contribution in [0.1, 0.15) is 58.3 Å². The summed E-state index contributed by atoms with van der Waals surface area (Å²) < 4.78 is 15.0. The van der Waals surface area contributed by atoms with Crippen molar-refractivity contribution < 1.29 is 19.4 Å². The molecule has 1 amide bonds. The van der Waals surface area contributed by atoms with Gasteiger partial charge in [-0.2, -0.15) is 5.26 Å². The Hall–Kier alpha value is -1.88. The molecule has 1 saturated heterocycles. The molecule has 1 aromatic rings. The minimum absolute atomic E-state index is 0.0514. The number of nitrogens with one attached hydrogen (secondary N) is 1. The average Bonchev–Trinajstić information content (AvgIpc) is 3.11. The number of rotatable bonds is 8.